The summed E-state index contributed by atoms with van der Waals surface area (Å²) < 4.78 is 2.12. The second-order valence-electron chi connectivity index (χ2n) is 10.1. The number of aryl methyl sites for hydroxylation is 2. The second kappa shape index (κ2) is 11.9. The van der Waals surface area contributed by atoms with Gasteiger partial charge in [-0.15, -0.1) is 0 Å². The number of hydrogen-bond acceptors (Lipinski definition) is 4. The Bertz CT molecular complexity index is 1580. The number of carboxylic acid groups (broad SMARTS) is 1. The van der Waals surface area contributed by atoms with Gasteiger partial charge >= 0.3 is 5.97 Å². The highest BCUT2D eigenvalue weighted by molar-refractivity contribution is 7.80. The average molecular weight is 568 g/mol. The molecule has 1 aliphatic heterocycles. The first-order valence-electron chi connectivity index (χ1n) is 13.7. The third-order valence-corrected chi connectivity index (χ3v) is 7.96. The second-order valence-corrected chi connectivity index (χ2v) is 10.5. The fraction of sp³-hybridized carbons (Fsp3) is 0.250. The fourth-order valence-corrected chi connectivity index (χ4v) is 5.94. The van der Waals surface area contributed by atoms with Crippen molar-refractivity contribution in [1.82, 2.24) is 19.8 Å². The quantitative estimate of drug-likeness (QED) is 0.222. The molecule has 8 nitrogen and oxygen atoms in total. The number of carboxylic acids is 1. The van der Waals surface area contributed by atoms with Gasteiger partial charge in [0.15, 0.2) is 5.11 Å². The number of carbonyl (C=O) groups is 2. The van der Waals surface area contributed by atoms with Crippen molar-refractivity contribution in [1.29, 1.82) is 0 Å². The van der Waals surface area contributed by atoms with Crippen molar-refractivity contribution in [3.8, 4) is 5.69 Å². The van der Waals surface area contributed by atoms with Crippen LogP contribution in [0.2, 0.25) is 0 Å². The Kier molecular flexibility index (Phi) is 8.16. The van der Waals surface area contributed by atoms with Crippen LogP contribution in [0.15, 0.2) is 79.0 Å². The maximum Gasteiger partial charge on any atom is 0.335 e. The number of aromatic nitrogens is 2. The van der Waals surface area contributed by atoms with Crippen molar-refractivity contribution in [3.05, 3.63) is 113 Å². The van der Waals surface area contributed by atoms with Crippen LogP contribution in [-0.2, 0) is 11.2 Å². The number of anilines is 1. The molecule has 2 aromatic carbocycles. The number of amides is 1. The van der Waals surface area contributed by atoms with E-state index in [4.69, 9.17) is 12.2 Å². The van der Waals surface area contributed by atoms with Gasteiger partial charge in [0.25, 0.3) is 0 Å². The molecule has 0 unspecified atom stereocenters. The molecule has 4 aromatic rings. The third-order valence-electron chi connectivity index (χ3n) is 7.61. The number of nitrogens with zero attached hydrogens (tertiary/aromatic N) is 3. The van der Waals surface area contributed by atoms with E-state index >= 15 is 0 Å². The summed E-state index contributed by atoms with van der Waals surface area (Å²) in [6.45, 7) is 6.58. The van der Waals surface area contributed by atoms with E-state index in [0.29, 0.717) is 11.7 Å². The highest BCUT2D eigenvalue weighted by Gasteiger charge is 2.41. The molecular weight excluding hydrogens is 534 g/mol. The van der Waals surface area contributed by atoms with Crippen LogP contribution >= 0.6 is 12.2 Å². The molecule has 0 radical (unpaired) electrons. The molecule has 41 heavy (non-hydrogen) atoms. The third kappa shape index (κ3) is 5.71. The van der Waals surface area contributed by atoms with E-state index in [1.54, 1.807) is 18.3 Å². The Morgan fingerprint density at radius 1 is 1.05 bits per heavy atom. The number of para-hydroxylation sites is 1. The van der Waals surface area contributed by atoms with Crippen molar-refractivity contribution < 1.29 is 14.7 Å². The predicted molar refractivity (Wildman–Crippen MR) is 163 cm³/mol. The number of aromatic carboxylic acids is 1. The zero-order valence-corrected chi connectivity index (χ0v) is 24.1. The normalized spacial score (nSPS) is 16.5. The first kappa shape index (κ1) is 28.0. The molecule has 1 amide bonds. The van der Waals surface area contributed by atoms with Crippen molar-refractivity contribution >= 4 is 34.9 Å². The summed E-state index contributed by atoms with van der Waals surface area (Å²) in [5.74, 6) is -1.03. The van der Waals surface area contributed by atoms with Gasteiger partial charge in [-0.25, -0.2) is 4.79 Å². The molecule has 0 saturated carbocycles. The molecule has 0 aliphatic carbocycles. The van der Waals surface area contributed by atoms with Crippen molar-refractivity contribution in [2.24, 2.45) is 0 Å². The van der Waals surface area contributed by atoms with Gasteiger partial charge in [-0.3, -0.25) is 9.78 Å². The van der Waals surface area contributed by atoms with Gasteiger partial charge in [-0.2, -0.15) is 0 Å². The molecule has 3 N–H and O–H groups in total. The van der Waals surface area contributed by atoms with Gasteiger partial charge < -0.3 is 25.2 Å². The summed E-state index contributed by atoms with van der Waals surface area (Å²) in [6.07, 6.45) is 2.87. The molecule has 2 aromatic heterocycles. The maximum absolute atomic E-state index is 13.1. The van der Waals surface area contributed by atoms with Crippen LogP contribution in [0.25, 0.3) is 5.69 Å². The maximum atomic E-state index is 13.1. The molecule has 0 spiro atoms. The van der Waals surface area contributed by atoms with E-state index in [9.17, 15) is 14.7 Å². The minimum Gasteiger partial charge on any atom is -0.478 e. The van der Waals surface area contributed by atoms with Gasteiger partial charge in [0, 0.05) is 41.9 Å². The van der Waals surface area contributed by atoms with Crippen LogP contribution in [-0.4, -0.2) is 43.1 Å². The number of carbonyl (C=O) groups excluding carboxylic acids is 1. The molecular formula is C32H33N5O3S. The number of rotatable bonds is 9. The van der Waals surface area contributed by atoms with Crippen LogP contribution in [0.1, 0.15) is 64.0 Å². The molecule has 9 heteroatoms. The Hall–Kier alpha value is -4.50. The van der Waals surface area contributed by atoms with Gasteiger partial charge in [0.2, 0.25) is 5.91 Å². The Morgan fingerprint density at radius 2 is 1.78 bits per heavy atom. The van der Waals surface area contributed by atoms with E-state index in [-0.39, 0.29) is 30.0 Å². The van der Waals surface area contributed by atoms with E-state index in [2.05, 4.69) is 45.0 Å². The first-order chi connectivity index (χ1) is 19.8. The van der Waals surface area contributed by atoms with Crippen LogP contribution in [0, 0.1) is 13.8 Å². The minimum atomic E-state index is -0.959. The van der Waals surface area contributed by atoms with E-state index in [1.165, 1.54) is 0 Å². The highest BCUT2D eigenvalue weighted by atomic mass is 32.1. The standard InChI is InChI=1S/C32H33N5O3S/c1-4-22-9-5-6-10-26(22)34-28(38)16-18-36-30(29(35-32(36)41)27-11-7-8-17-33-27)25-19-20(2)37(21(25)3)24-14-12-23(13-15-24)31(39)40/h5-15,17,19,29-30H,4,16,18H2,1-3H3,(H,34,38)(H,35,41)(H,39,40)/t29-,30-/m1/s1. The lowest BCUT2D eigenvalue weighted by Crippen LogP contribution is -2.33. The van der Waals surface area contributed by atoms with Crippen LogP contribution in [0.4, 0.5) is 5.69 Å². The summed E-state index contributed by atoms with van der Waals surface area (Å²) >= 11 is 5.82. The molecule has 0 bridgehead atoms. The van der Waals surface area contributed by atoms with Crippen molar-refractivity contribution in [3.63, 3.8) is 0 Å². The zero-order valence-electron chi connectivity index (χ0n) is 23.3. The lowest BCUT2D eigenvalue weighted by Gasteiger charge is -2.28. The summed E-state index contributed by atoms with van der Waals surface area (Å²) in [4.78, 5) is 31.2. The SMILES string of the molecule is CCc1ccccc1NC(=O)CCN1C(=S)N[C@H](c2ccccn2)[C@H]1c1cc(C)n(-c2ccc(C(=O)O)cc2)c1C. The predicted octanol–water partition coefficient (Wildman–Crippen LogP) is 5.75. The zero-order chi connectivity index (χ0) is 29.1. The number of hydrogen-bond donors (Lipinski definition) is 3. The summed E-state index contributed by atoms with van der Waals surface area (Å²) in [5, 5.41) is 16.4. The summed E-state index contributed by atoms with van der Waals surface area (Å²) in [7, 11) is 0. The average Bonchev–Trinajstić information content (AvgIpc) is 3.46. The molecule has 210 valence electrons. The summed E-state index contributed by atoms with van der Waals surface area (Å²) in [6, 6.07) is 22.3. The number of nitrogens with one attached hydrogen (secondary N) is 2. The largest absolute Gasteiger partial charge is 0.478 e. The van der Waals surface area contributed by atoms with E-state index in [1.807, 2.05) is 61.5 Å². The smallest absolute Gasteiger partial charge is 0.335 e. The summed E-state index contributed by atoms with van der Waals surface area (Å²) in [5.41, 5.74) is 6.98. The Labute approximate surface area is 245 Å². The van der Waals surface area contributed by atoms with Crippen LogP contribution in [0.5, 0.6) is 0 Å². The Balaban J connectivity index is 1.46. The molecule has 5 rings (SSSR count). The van der Waals surface area contributed by atoms with Gasteiger partial charge in [-0.05, 0) is 92.1 Å². The number of thiocarbonyl (C=S) groups is 1. The van der Waals surface area contributed by atoms with Gasteiger partial charge in [-0.1, -0.05) is 31.2 Å². The van der Waals surface area contributed by atoms with Crippen molar-refractivity contribution in [2.45, 2.75) is 45.7 Å². The molecule has 1 saturated heterocycles. The van der Waals surface area contributed by atoms with Crippen LogP contribution < -0.4 is 10.6 Å². The molecule has 3 heterocycles. The molecule has 1 fully saturated rings. The monoisotopic (exact) mass is 567 g/mol. The van der Waals surface area contributed by atoms with Gasteiger partial charge in [0.1, 0.15) is 0 Å². The van der Waals surface area contributed by atoms with Crippen LogP contribution in [0.3, 0.4) is 0 Å². The van der Waals surface area contributed by atoms with E-state index in [0.717, 1.165) is 46.0 Å². The number of benzene rings is 2. The number of pyridine rings is 1. The topological polar surface area (TPSA) is 99.5 Å². The first-order valence-corrected chi connectivity index (χ1v) is 14.1. The highest BCUT2D eigenvalue weighted by Crippen LogP contribution is 2.41. The Morgan fingerprint density at radius 3 is 2.46 bits per heavy atom. The lowest BCUT2D eigenvalue weighted by molar-refractivity contribution is -0.116. The lowest BCUT2D eigenvalue weighted by atomic mass is 9.96. The van der Waals surface area contributed by atoms with E-state index < -0.39 is 5.97 Å². The molecule has 2 atom stereocenters. The minimum absolute atomic E-state index is 0.0715. The molecule has 1 aliphatic rings. The van der Waals surface area contributed by atoms with Crippen molar-refractivity contribution in [2.75, 3.05) is 11.9 Å². The fourth-order valence-electron chi connectivity index (χ4n) is 5.61. The van der Waals surface area contributed by atoms with Gasteiger partial charge in [0.05, 0.1) is 23.3 Å².